The van der Waals surface area contributed by atoms with Crippen LogP contribution >= 0.6 is 11.3 Å². The van der Waals surface area contributed by atoms with Gasteiger partial charge in [-0.25, -0.2) is 0 Å². The lowest BCUT2D eigenvalue weighted by Crippen LogP contribution is -2.27. The Hall–Kier alpha value is -2.34. The van der Waals surface area contributed by atoms with Gasteiger partial charge in [0, 0.05) is 24.6 Å². The highest BCUT2D eigenvalue weighted by Crippen LogP contribution is 2.36. The number of methoxy groups -OCH3 is 2. The van der Waals surface area contributed by atoms with Gasteiger partial charge in [0.15, 0.2) is 5.78 Å². The lowest BCUT2D eigenvalue weighted by Gasteiger charge is -2.18. The van der Waals surface area contributed by atoms with Gasteiger partial charge >= 0.3 is 0 Å². The van der Waals surface area contributed by atoms with Crippen molar-refractivity contribution in [2.45, 2.75) is 19.3 Å². The molecule has 1 atom stereocenters. The first-order valence-corrected chi connectivity index (χ1v) is 8.97. The molecule has 3 rings (SSSR count). The number of thiophene rings is 1. The summed E-state index contributed by atoms with van der Waals surface area (Å²) in [6.45, 7) is 2.84. The minimum atomic E-state index is -0.0122. The fourth-order valence-electron chi connectivity index (χ4n) is 3.15. The van der Waals surface area contributed by atoms with E-state index in [1.165, 1.54) is 18.3 Å². The molecule has 1 saturated heterocycles. The number of hydrogen-bond donors (Lipinski definition) is 0. The summed E-state index contributed by atoms with van der Waals surface area (Å²) in [6, 6.07) is 9.21. The first kappa shape index (κ1) is 17.5. The largest absolute Gasteiger partial charge is 0.497 e. The number of benzene rings is 1. The van der Waals surface area contributed by atoms with E-state index in [0.29, 0.717) is 22.8 Å². The van der Waals surface area contributed by atoms with Gasteiger partial charge < -0.3 is 14.4 Å². The molecule has 6 heteroatoms. The molecule has 1 amide bonds. The van der Waals surface area contributed by atoms with Gasteiger partial charge in [0.25, 0.3) is 5.91 Å². The van der Waals surface area contributed by atoms with Gasteiger partial charge in [-0.05, 0) is 43.7 Å². The summed E-state index contributed by atoms with van der Waals surface area (Å²) >= 11 is 1.26. The summed E-state index contributed by atoms with van der Waals surface area (Å²) in [5.41, 5.74) is 1.06. The molecule has 2 heterocycles. The molecule has 0 aliphatic carbocycles. The van der Waals surface area contributed by atoms with Crippen LogP contribution < -0.4 is 9.47 Å². The highest BCUT2D eigenvalue weighted by Gasteiger charge is 2.30. The van der Waals surface area contributed by atoms with Crippen molar-refractivity contribution < 1.29 is 19.1 Å². The van der Waals surface area contributed by atoms with Crippen molar-refractivity contribution >= 4 is 23.0 Å². The van der Waals surface area contributed by atoms with Crippen molar-refractivity contribution in [3.63, 3.8) is 0 Å². The summed E-state index contributed by atoms with van der Waals surface area (Å²) < 4.78 is 10.8. The second kappa shape index (κ2) is 7.27. The lowest BCUT2D eigenvalue weighted by atomic mass is 9.97. The highest BCUT2D eigenvalue weighted by atomic mass is 32.1. The molecule has 1 aromatic carbocycles. The third-order valence-corrected chi connectivity index (χ3v) is 5.69. The van der Waals surface area contributed by atoms with Crippen LogP contribution in [0.15, 0.2) is 30.3 Å². The zero-order valence-electron chi connectivity index (χ0n) is 14.6. The number of nitrogens with zero attached hydrogens (tertiary/aromatic N) is 1. The van der Waals surface area contributed by atoms with E-state index in [9.17, 15) is 9.59 Å². The second-order valence-electron chi connectivity index (χ2n) is 6.06. The molecule has 1 aromatic heterocycles. The van der Waals surface area contributed by atoms with Crippen LogP contribution in [0.25, 0.3) is 0 Å². The Labute approximate surface area is 151 Å². The monoisotopic (exact) mass is 359 g/mol. The molecule has 132 valence electrons. The molecule has 0 radical (unpaired) electrons. The van der Waals surface area contributed by atoms with Crippen molar-refractivity contribution in [1.29, 1.82) is 0 Å². The summed E-state index contributed by atoms with van der Waals surface area (Å²) in [5.74, 6) is 1.78. The Balaban J connectivity index is 1.77. The van der Waals surface area contributed by atoms with E-state index in [1.54, 1.807) is 26.4 Å². The maximum atomic E-state index is 12.7. The number of amides is 1. The highest BCUT2D eigenvalue weighted by molar-refractivity contribution is 7.15. The van der Waals surface area contributed by atoms with Gasteiger partial charge in [0.2, 0.25) is 0 Å². The molecule has 1 fully saturated rings. The topological polar surface area (TPSA) is 55.8 Å². The molecule has 1 aliphatic heterocycles. The normalized spacial score (nSPS) is 16.8. The van der Waals surface area contributed by atoms with Gasteiger partial charge in [-0.2, -0.15) is 0 Å². The van der Waals surface area contributed by atoms with E-state index in [2.05, 4.69) is 0 Å². The summed E-state index contributed by atoms with van der Waals surface area (Å²) in [5, 5.41) is 0. The van der Waals surface area contributed by atoms with Crippen molar-refractivity contribution in [2.24, 2.45) is 0 Å². The molecule has 0 bridgehead atoms. The van der Waals surface area contributed by atoms with Crippen molar-refractivity contribution in [2.75, 3.05) is 27.3 Å². The Morgan fingerprint density at radius 2 is 1.88 bits per heavy atom. The minimum absolute atomic E-state index is 0.00975. The standard InChI is InChI=1S/C19H21NO4S/c1-12(21)17-6-7-18(25-17)19(22)20-9-8-13(11-20)15-10-14(23-2)4-5-16(15)24-3/h4-7,10,13H,8-9,11H2,1-3H3/t13-/m0/s1. The summed E-state index contributed by atoms with van der Waals surface area (Å²) in [7, 11) is 3.29. The van der Waals surface area contributed by atoms with Crippen LogP contribution in [0, 0.1) is 0 Å². The summed E-state index contributed by atoms with van der Waals surface area (Å²) in [4.78, 5) is 27.2. The number of hydrogen-bond acceptors (Lipinski definition) is 5. The molecule has 5 nitrogen and oxygen atoms in total. The first-order valence-electron chi connectivity index (χ1n) is 8.15. The Kier molecular flexibility index (Phi) is 5.08. The Morgan fingerprint density at radius 3 is 2.52 bits per heavy atom. The van der Waals surface area contributed by atoms with E-state index in [1.807, 2.05) is 23.1 Å². The molecule has 25 heavy (non-hydrogen) atoms. The van der Waals surface area contributed by atoms with Crippen molar-refractivity contribution in [3.05, 3.63) is 45.6 Å². The Bertz CT molecular complexity index is 798. The van der Waals surface area contributed by atoms with Gasteiger partial charge in [0.05, 0.1) is 24.0 Å². The fraction of sp³-hybridized carbons (Fsp3) is 0.368. The van der Waals surface area contributed by atoms with Crippen molar-refractivity contribution in [3.8, 4) is 11.5 Å². The van der Waals surface area contributed by atoms with Crippen LogP contribution in [-0.4, -0.2) is 43.9 Å². The smallest absolute Gasteiger partial charge is 0.263 e. The average Bonchev–Trinajstić information content (AvgIpc) is 3.30. The zero-order valence-corrected chi connectivity index (χ0v) is 15.4. The zero-order chi connectivity index (χ0) is 18.0. The summed E-state index contributed by atoms with van der Waals surface area (Å²) in [6.07, 6.45) is 0.875. The third kappa shape index (κ3) is 3.54. The third-order valence-electron chi connectivity index (χ3n) is 4.52. The van der Waals surface area contributed by atoms with Crippen LogP contribution in [0.3, 0.4) is 0 Å². The quantitative estimate of drug-likeness (QED) is 0.766. The number of ketones is 1. The van der Waals surface area contributed by atoms with E-state index >= 15 is 0 Å². The number of rotatable bonds is 5. The van der Waals surface area contributed by atoms with Crippen LogP contribution in [0.5, 0.6) is 11.5 Å². The number of ether oxygens (including phenoxy) is 2. The van der Waals surface area contributed by atoms with Crippen LogP contribution in [0.4, 0.5) is 0 Å². The number of Topliss-reactive ketones (excluding diaryl/α,β-unsaturated/α-hetero) is 1. The van der Waals surface area contributed by atoms with Gasteiger partial charge in [0.1, 0.15) is 11.5 Å². The van der Waals surface area contributed by atoms with E-state index in [0.717, 1.165) is 23.5 Å². The number of carbonyl (C=O) groups excluding carboxylic acids is 2. The predicted molar refractivity (Wildman–Crippen MR) is 97.1 cm³/mol. The average molecular weight is 359 g/mol. The maximum absolute atomic E-state index is 12.7. The molecule has 0 N–H and O–H groups in total. The number of carbonyl (C=O) groups is 2. The van der Waals surface area contributed by atoms with Crippen LogP contribution in [0.1, 0.15) is 44.2 Å². The lowest BCUT2D eigenvalue weighted by molar-refractivity contribution is 0.0795. The van der Waals surface area contributed by atoms with Crippen LogP contribution in [-0.2, 0) is 0 Å². The minimum Gasteiger partial charge on any atom is -0.497 e. The fourth-order valence-corrected chi connectivity index (χ4v) is 4.02. The molecule has 1 aliphatic rings. The molecule has 0 unspecified atom stereocenters. The number of likely N-dealkylation sites (tertiary alicyclic amines) is 1. The van der Waals surface area contributed by atoms with Crippen molar-refractivity contribution in [1.82, 2.24) is 4.90 Å². The Morgan fingerprint density at radius 1 is 1.12 bits per heavy atom. The van der Waals surface area contributed by atoms with Gasteiger partial charge in [-0.1, -0.05) is 0 Å². The van der Waals surface area contributed by atoms with Gasteiger partial charge in [-0.15, -0.1) is 11.3 Å². The maximum Gasteiger partial charge on any atom is 0.263 e. The van der Waals surface area contributed by atoms with Gasteiger partial charge in [-0.3, -0.25) is 9.59 Å². The molecule has 2 aromatic rings. The molecule has 0 spiro atoms. The predicted octanol–water partition coefficient (Wildman–Crippen LogP) is 3.60. The SMILES string of the molecule is COc1ccc(OC)c([C@H]2CCN(C(=O)c3ccc(C(C)=O)s3)C2)c1. The van der Waals surface area contributed by atoms with E-state index in [4.69, 9.17) is 9.47 Å². The molecular weight excluding hydrogens is 338 g/mol. The van der Waals surface area contributed by atoms with E-state index in [-0.39, 0.29) is 17.6 Å². The second-order valence-corrected chi connectivity index (χ2v) is 7.15. The molecule has 0 saturated carbocycles. The van der Waals surface area contributed by atoms with E-state index < -0.39 is 0 Å². The van der Waals surface area contributed by atoms with Crippen LogP contribution in [0.2, 0.25) is 0 Å². The first-order chi connectivity index (χ1) is 12.0. The molecular formula is C19H21NO4S.